The number of methoxy groups -OCH3 is 1. The molecule has 104 valence electrons. The number of ether oxygens (including phenoxy) is 1. The molecule has 2 rings (SSSR count). The summed E-state index contributed by atoms with van der Waals surface area (Å²) < 4.78 is 5.20. The van der Waals surface area contributed by atoms with Crippen molar-refractivity contribution < 1.29 is 14.6 Å². The molecule has 1 aromatic rings. The third kappa shape index (κ3) is 3.33. The summed E-state index contributed by atoms with van der Waals surface area (Å²) in [6.07, 6.45) is 0. The van der Waals surface area contributed by atoms with Gasteiger partial charge in [0.1, 0.15) is 0 Å². The van der Waals surface area contributed by atoms with Gasteiger partial charge in [-0.1, -0.05) is 31.2 Å². The molecule has 1 saturated heterocycles. The van der Waals surface area contributed by atoms with E-state index in [-0.39, 0.29) is 11.8 Å². The van der Waals surface area contributed by atoms with Crippen LogP contribution in [0.5, 0.6) is 0 Å². The van der Waals surface area contributed by atoms with Crippen LogP contribution in [0.2, 0.25) is 0 Å². The monoisotopic (exact) mass is 263 g/mol. The average molecular weight is 263 g/mol. The van der Waals surface area contributed by atoms with Crippen molar-refractivity contribution in [3.8, 4) is 0 Å². The number of carbonyl (C=O) groups is 1. The first kappa shape index (κ1) is 14.0. The van der Waals surface area contributed by atoms with Crippen LogP contribution in [0.15, 0.2) is 24.3 Å². The first-order valence-electron chi connectivity index (χ1n) is 6.62. The summed E-state index contributed by atoms with van der Waals surface area (Å²) in [6.45, 7) is 5.04. The van der Waals surface area contributed by atoms with Crippen LogP contribution in [0.3, 0.4) is 0 Å². The highest BCUT2D eigenvalue weighted by molar-refractivity contribution is 5.70. The Morgan fingerprint density at radius 1 is 1.42 bits per heavy atom. The number of likely N-dealkylation sites (tertiary alicyclic amines) is 1. The molecule has 1 aliphatic rings. The summed E-state index contributed by atoms with van der Waals surface area (Å²) in [4.78, 5) is 13.2. The molecule has 0 radical (unpaired) electrons. The van der Waals surface area contributed by atoms with Gasteiger partial charge in [-0.25, -0.2) is 0 Å². The highest BCUT2D eigenvalue weighted by Crippen LogP contribution is 2.26. The van der Waals surface area contributed by atoms with E-state index in [4.69, 9.17) is 9.84 Å². The van der Waals surface area contributed by atoms with Gasteiger partial charge in [-0.3, -0.25) is 9.69 Å². The summed E-state index contributed by atoms with van der Waals surface area (Å²) in [5.41, 5.74) is 2.48. The third-order valence-corrected chi connectivity index (χ3v) is 3.89. The van der Waals surface area contributed by atoms with Crippen LogP contribution in [0.4, 0.5) is 0 Å². The van der Waals surface area contributed by atoms with Crippen LogP contribution in [0.1, 0.15) is 18.1 Å². The SMILES string of the molecule is COCc1ccccc1CN1CC(C(C)C(=O)O)C1. The lowest BCUT2D eigenvalue weighted by atomic mass is 9.86. The first-order chi connectivity index (χ1) is 9.11. The molecule has 0 aliphatic carbocycles. The normalized spacial score (nSPS) is 18.0. The van der Waals surface area contributed by atoms with E-state index in [1.165, 1.54) is 11.1 Å². The summed E-state index contributed by atoms with van der Waals surface area (Å²) in [5, 5.41) is 8.97. The van der Waals surface area contributed by atoms with E-state index in [9.17, 15) is 4.79 Å². The van der Waals surface area contributed by atoms with Crippen molar-refractivity contribution in [1.29, 1.82) is 0 Å². The van der Waals surface area contributed by atoms with E-state index >= 15 is 0 Å². The molecule has 1 aliphatic heterocycles. The second kappa shape index (κ2) is 6.17. The van der Waals surface area contributed by atoms with Gasteiger partial charge >= 0.3 is 5.97 Å². The van der Waals surface area contributed by atoms with Crippen molar-refractivity contribution in [2.75, 3.05) is 20.2 Å². The molecule has 1 aromatic carbocycles. The fraction of sp³-hybridized carbons (Fsp3) is 0.533. The van der Waals surface area contributed by atoms with E-state index in [2.05, 4.69) is 17.0 Å². The van der Waals surface area contributed by atoms with Crippen LogP contribution in [-0.2, 0) is 22.7 Å². The summed E-state index contributed by atoms with van der Waals surface area (Å²) in [5.74, 6) is -0.651. The van der Waals surface area contributed by atoms with Crippen molar-refractivity contribution in [2.45, 2.75) is 20.1 Å². The first-order valence-corrected chi connectivity index (χ1v) is 6.62. The van der Waals surface area contributed by atoms with Gasteiger partial charge in [-0.15, -0.1) is 0 Å². The highest BCUT2D eigenvalue weighted by atomic mass is 16.5. The number of carboxylic acids is 1. The maximum Gasteiger partial charge on any atom is 0.306 e. The molecule has 19 heavy (non-hydrogen) atoms. The largest absolute Gasteiger partial charge is 0.481 e. The standard InChI is InChI=1S/C15H21NO3/c1-11(15(17)18)14-8-16(9-14)7-12-5-3-4-6-13(12)10-19-2/h3-6,11,14H,7-10H2,1-2H3,(H,17,18). The third-order valence-electron chi connectivity index (χ3n) is 3.89. The van der Waals surface area contributed by atoms with Gasteiger partial charge in [0.15, 0.2) is 0 Å². The summed E-state index contributed by atoms with van der Waals surface area (Å²) >= 11 is 0. The number of carboxylic acid groups (broad SMARTS) is 1. The molecular formula is C15H21NO3. The topological polar surface area (TPSA) is 49.8 Å². The Bertz CT molecular complexity index is 441. The molecule has 4 heteroatoms. The lowest BCUT2D eigenvalue weighted by Crippen LogP contribution is -2.50. The molecule has 1 unspecified atom stereocenters. The zero-order valence-corrected chi connectivity index (χ0v) is 11.5. The minimum atomic E-state index is -0.690. The fourth-order valence-electron chi connectivity index (χ4n) is 2.51. The maximum absolute atomic E-state index is 10.9. The van der Waals surface area contributed by atoms with E-state index in [1.54, 1.807) is 14.0 Å². The molecule has 1 heterocycles. The fourth-order valence-corrected chi connectivity index (χ4v) is 2.51. The molecule has 0 bridgehead atoms. The molecule has 1 atom stereocenters. The maximum atomic E-state index is 10.9. The minimum absolute atomic E-state index is 0.245. The van der Waals surface area contributed by atoms with Crippen LogP contribution in [0.25, 0.3) is 0 Å². The van der Waals surface area contributed by atoms with E-state index in [1.807, 2.05) is 12.1 Å². The Balaban J connectivity index is 1.89. The predicted molar refractivity (Wildman–Crippen MR) is 72.7 cm³/mol. The van der Waals surface area contributed by atoms with E-state index in [0.717, 1.165) is 19.6 Å². The second-order valence-electron chi connectivity index (χ2n) is 5.28. The van der Waals surface area contributed by atoms with Crippen LogP contribution >= 0.6 is 0 Å². The number of aliphatic carboxylic acids is 1. The Kier molecular flexibility index (Phi) is 4.56. The van der Waals surface area contributed by atoms with Crippen molar-refractivity contribution in [2.24, 2.45) is 11.8 Å². The van der Waals surface area contributed by atoms with Crippen LogP contribution < -0.4 is 0 Å². The van der Waals surface area contributed by atoms with Crippen LogP contribution in [0, 0.1) is 11.8 Å². The predicted octanol–water partition coefficient (Wildman–Crippen LogP) is 1.99. The average Bonchev–Trinajstić information content (AvgIpc) is 2.34. The molecule has 0 aromatic heterocycles. The zero-order chi connectivity index (χ0) is 13.8. The quantitative estimate of drug-likeness (QED) is 0.852. The van der Waals surface area contributed by atoms with Crippen molar-refractivity contribution in [3.05, 3.63) is 35.4 Å². The summed E-state index contributed by atoms with van der Waals surface area (Å²) in [7, 11) is 1.70. The van der Waals surface area contributed by atoms with Crippen LogP contribution in [-0.4, -0.2) is 36.2 Å². The van der Waals surface area contributed by atoms with Crippen molar-refractivity contribution >= 4 is 5.97 Å². The molecule has 0 saturated carbocycles. The Hall–Kier alpha value is -1.39. The minimum Gasteiger partial charge on any atom is -0.481 e. The zero-order valence-electron chi connectivity index (χ0n) is 11.5. The van der Waals surface area contributed by atoms with E-state index < -0.39 is 5.97 Å². The Morgan fingerprint density at radius 3 is 2.63 bits per heavy atom. The molecule has 0 spiro atoms. The lowest BCUT2D eigenvalue weighted by Gasteiger charge is -2.41. The summed E-state index contributed by atoms with van der Waals surface area (Å²) in [6, 6.07) is 8.24. The Labute approximate surface area is 114 Å². The number of nitrogens with zero attached hydrogens (tertiary/aromatic N) is 1. The van der Waals surface area contributed by atoms with Gasteiger partial charge < -0.3 is 9.84 Å². The number of rotatable bonds is 6. The molecular weight excluding hydrogens is 242 g/mol. The molecule has 0 amide bonds. The van der Waals surface area contributed by atoms with Crippen molar-refractivity contribution in [3.63, 3.8) is 0 Å². The van der Waals surface area contributed by atoms with Gasteiger partial charge in [-0.05, 0) is 17.0 Å². The molecule has 1 fully saturated rings. The van der Waals surface area contributed by atoms with Gasteiger partial charge in [0, 0.05) is 26.7 Å². The lowest BCUT2D eigenvalue weighted by molar-refractivity contribution is -0.145. The van der Waals surface area contributed by atoms with Crippen molar-refractivity contribution in [1.82, 2.24) is 4.90 Å². The number of hydrogen-bond donors (Lipinski definition) is 1. The molecule has 4 nitrogen and oxygen atoms in total. The van der Waals surface area contributed by atoms with Gasteiger partial charge in [0.2, 0.25) is 0 Å². The molecule has 1 N–H and O–H groups in total. The Morgan fingerprint density at radius 2 is 2.05 bits per heavy atom. The van der Waals surface area contributed by atoms with Gasteiger partial charge in [0.05, 0.1) is 12.5 Å². The smallest absolute Gasteiger partial charge is 0.306 e. The second-order valence-corrected chi connectivity index (χ2v) is 5.28. The van der Waals surface area contributed by atoms with E-state index in [0.29, 0.717) is 6.61 Å². The van der Waals surface area contributed by atoms with Gasteiger partial charge in [-0.2, -0.15) is 0 Å². The van der Waals surface area contributed by atoms with Gasteiger partial charge in [0.25, 0.3) is 0 Å². The number of benzene rings is 1. The highest BCUT2D eigenvalue weighted by Gasteiger charge is 2.34. The number of hydrogen-bond acceptors (Lipinski definition) is 3.